The zero-order chi connectivity index (χ0) is 19.2. The highest BCUT2D eigenvalue weighted by molar-refractivity contribution is 7.89. The van der Waals surface area contributed by atoms with Crippen molar-refractivity contribution in [3.05, 3.63) is 51.3 Å². The highest BCUT2D eigenvalue weighted by Crippen LogP contribution is 2.19. The Labute approximate surface area is 153 Å². The molecule has 0 saturated heterocycles. The number of aromatic amines is 1. The summed E-state index contributed by atoms with van der Waals surface area (Å²) >= 11 is 0. The summed E-state index contributed by atoms with van der Waals surface area (Å²) in [6.07, 6.45) is 6.36. The number of fused-ring (bicyclic) bond motifs is 2. The van der Waals surface area contributed by atoms with E-state index in [4.69, 9.17) is 0 Å². The number of sulfonamides is 1. The van der Waals surface area contributed by atoms with Gasteiger partial charge in [-0.3, -0.25) is 14.3 Å². The van der Waals surface area contributed by atoms with Crippen molar-refractivity contribution in [1.29, 1.82) is 0 Å². The second-order valence-corrected chi connectivity index (χ2v) is 8.38. The molecule has 0 aliphatic carbocycles. The second-order valence-electron chi connectivity index (χ2n) is 6.61. The number of pyridine rings is 1. The molecule has 0 bridgehead atoms. The minimum atomic E-state index is -3.83. The average Bonchev–Trinajstić information content (AvgIpc) is 3.12. The van der Waals surface area contributed by atoms with Crippen molar-refractivity contribution in [1.82, 2.24) is 28.8 Å². The average molecular weight is 390 g/mol. The highest BCUT2D eigenvalue weighted by atomic mass is 32.2. The van der Waals surface area contributed by atoms with Crippen molar-refractivity contribution in [3.8, 4) is 0 Å². The molecular weight excluding hydrogens is 372 g/mol. The number of imidazole rings is 1. The standard InChI is InChI=1S/C16H18N6O4S/c1-21-14-12(15(23)20-16(21)24)7-11(9-18-14)27(25,26)19-8-10-2-4-22-5-3-17-13(22)6-10/h3,5,7,9-10,19H,2,4,6,8H2,1H3,(H,20,23,24)/t10-/m0/s1. The van der Waals surface area contributed by atoms with Crippen molar-refractivity contribution < 1.29 is 8.42 Å². The lowest BCUT2D eigenvalue weighted by atomic mass is 9.98. The summed E-state index contributed by atoms with van der Waals surface area (Å²) < 4.78 is 31.1. The van der Waals surface area contributed by atoms with E-state index in [0.717, 1.165) is 29.6 Å². The Hall–Kier alpha value is -2.79. The molecule has 11 heteroatoms. The third kappa shape index (κ3) is 3.19. The molecule has 4 rings (SSSR count). The molecule has 3 aromatic heterocycles. The van der Waals surface area contributed by atoms with Gasteiger partial charge in [0.15, 0.2) is 0 Å². The van der Waals surface area contributed by atoms with Gasteiger partial charge in [0.2, 0.25) is 10.0 Å². The number of rotatable bonds is 4. The van der Waals surface area contributed by atoms with Crippen LogP contribution in [0, 0.1) is 5.92 Å². The van der Waals surface area contributed by atoms with Gasteiger partial charge in [-0.2, -0.15) is 0 Å². The molecule has 3 aromatic rings. The first-order chi connectivity index (χ1) is 12.8. The lowest BCUT2D eigenvalue weighted by Crippen LogP contribution is -2.33. The molecule has 27 heavy (non-hydrogen) atoms. The van der Waals surface area contributed by atoms with Crippen LogP contribution < -0.4 is 16.0 Å². The van der Waals surface area contributed by atoms with E-state index in [1.54, 1.807) is 6.20 Å². The molecule has 4 heterocycles. The van der Waals surface area contributed by atoms with Gasteiger partial charge >= 0.3 is 5.69 Å². The maximum atomic E-state index is 12.6. The highest BCUT2D eigenvalue weighted by Gasteiger charge is 2.23. The minimum Gasteiger partial charge on any atom is -0.335 e. The summed E-state index contributed by atoms with van der Waals surface area (Å²) in [6.45, 7) is 1.08. The van der Waals surface area contributed by atoms with Crippen molar-refractivity contribution >= 4 is 21.1 Å². The Morgan fingerprint density at radius 1 is 1.33 bits per heavy atom. The summed E-state index contributed by atoms with van der Waals surface area (Å²) in [5.74, 6) is 1.09. The van der Waals surface area contributed by atoms with Crippen LogP contribution in [0.3, 0.4) is 0 Å². The number of nitrogens with zero attached hydrogens (tertiary/aromatic N) is 4. The fourth-order valence-corrected chi connectivity index (χ4v) is 4.35. The third-order valence-corrected chi connectivity index (χ3v) is 6.24. The first-order valence-corrected chi connectivity index (χ1v) is 9.92. The zero-order valence-electron chi connectivity index (χ0n) is 14.5. The topological polar surface area (TPSA) is 132 Å². The van der Waals surface area contributed by atoms with Crippen LogP contribution >= 0.6 is 0 Å². The Kier molecular flexibility index (Phi) is 4.19. The molecule has 1 aliphatic heterocycles. The van der Waals surface area contributed by atoms with Crippen molar-refractivity contribution in [2.75, 3.05) is 6.54 Å². The largest absolute Gasteiger partial charge is 0.335 e. The van der Waals surface area contributed by atoms with Gasteiger partial charge in [-0.05, 0) is 18.4 Å². The summed E-state index contributed by atoms with van der Waals surface area (Å²) in [5.41, 5.74) is -1.15. The number of hydrogen-bond donors (Lipinski definition) is 2. The van der Waals surface area contributed by atoms with Gasteiger partial charge in [0.1, 0.15) is 16.4 Å². The van der Waals surface area contributed by atoms with E-state index >= 15 is 0 Å². The first kappa shape index (κ1) is 17.6. The molecule has 0 saturated carbocycles. The predicted octanol–water partition coefficient (Wildman–Crippen LogP) is -0.641. The molecule has 0 spiro atoms. The maximum Gasteiger partial charge on any atom is 0.329 e. The van der Waals surface area contributed by atoms with Gasteiger partial charge in [-0.25, -0.2) is 27.9 Å². The van der Waals surface area contributed by atoms with Crippen LogP contribution in [0.4, 0.5) is 0 Å². The number of aromatic nitrogens is 5. The lowest BCUT2D eigenvalue weighted by Gasteiger charge is -2.23. The Bertz CT molecular complexity index is 1240. The van der Waals surface area contributed by atoms with Crippen LogP contribution in [0.1, 0.15) is 12.2 Å². The zero-order valence-corrected chi connectivity index (χ0v) is 15.4. The van der Waals surface area contributed by atoms with Gasteiger partial charge in [0, 0.05) is 45.1 Å². The summed E-state index contributed by atoms with van der Waals surface area (Å²) in [5, 5.41) is 0.0414. The SMILES string of the molecule is Cn1c(=O)[nH]c(=O)c2cc(S(=O)(=O)NC[C@H]3CCn4ccnc4C3)cnc21. The first-order valence-electron chi connectivity index (χ1n) is 8.44. The smallest absolute Gasteiger partial charge is 0.329 e. The quantitative estimate of drug-likeness (QED) is 0.609. The van der Waals surface area contributed by atoms with Crippen LogP contribution in [-0.2, 0) is 30.0 Å². The van der Waals surface area contributed by atoms with Crippen molar-refractivity contribution in [3.63, 3.8) is 0 Å². The molecule has 1 aliphatic rings. The van der Waals surface area contributed by atoms with Crippen LogP contribution in [0.15, 0.2) is 39.1 Å². The normalized spacial score (nSPS) is 17.1. The summed E-state index contributed by atoms with van der Waals surface area (Å²) in [6, 6.07) is 1.23. The Morgan fingerprint density at radius 2 is 2.15 bits per heavy atom. The number of nitrogens with one attached hydrogen (secondary N) is 2. The van der Waals surface area contributed by atoms with Crippen LogP contribution in [-0.4, -0.2) is 39.0 Å². The number of hydrogen-bond acceptors (Lipinski definition) is 6. The van der Waals surface area contributed by atoms with Gasteiger partial charge in [-0.15, -0.1) is 0 Å². The van der Waals surface area contributed by atoms with E-state index < -0.39 is 21.3 Å². The summed E-state index contributed by atoms with van der Waals surface area (Å²) in [7, 11) is -2.38. The van der Waals surface area contributed by atoms with Crippen LogP contribution in [0.25, 0.3) is 11.0 Å². The molecule has 0 fully saturated rings. The monoisotopic (exact) mass is 390 g/mol. The molecule has 0 aromatic carbocycles. The minimum absolute atomic E-state index is 0.0414. The fourth-order valence-electron chi connectivity index (χ4n) is 3.26. The van der Waals surface area contributed by atoms with E-state index in [1.165, 1.54) is 13.1 Å². The second kappa shape index (κ2) is 6.43. The Morgan fingerprint density at radius 3 is 2.96 bits per heavy atom. The fraction of sp³-hybridized carbons (Fsp3) is 0.375. The molecule has 0 amide bonds. The van der Waals surface area contributed by atoms with E-state index in [-0.39, 0.29) is 28.4 Å². The molecule has 0 unspecified atom stereocenters. The number of aryl methyl sites for hydroxylation is 2. The van der Waals surface area contributed by atoms with Crippen LogP contribution in [0.5, 0.6) is 0 Å². The molecule has 2 N–H and O–H groups in total. The number of H-pyrrole nitrogens is 1. The van der Waals surface area contributed by atoms with E-state index in [2.05, 4.69) is 24.2 Å². The van der Waals surface area contributed by atoms with Crippen LogP contribution in [0.2, 0.25) is 0 Å². The van der Waals surface area contributed by atoms with Crippen molar-refractivity contribution in [2.24, 2.45) is 13.0 Å². The molecule has 10 nitrogen and oxygen atoms in total. The molecule has 0 radical (unpaired) electrons. The lowest BCUT2D eigenvalue weighted by molar-refractivity contribution is 0.379. The van der Waals surface area contributed by atoms with E-state index in [0.29, 0.717) is 6.42 Å². The Balaban J connectivity index is 1.57. The van der Waals surface area contributed by atoms with Gasteiger partial charge in [0.25, 0.3) is 5.56 Å². The van der Waals surface area contributed by atoms with Gasteiger partial charge in [0.05, 0.1) is 5.39 Å². The predicted molar refractivity (Wildman–Crippen MR) is 96.8 cm³/mol. The van der Waals surface area contributed by atoms with Gasteiger partial charge < -0.3 is 4.57 Å². The molecule has 1 atom stereocenters. The third-order valence-electron chi connectivity index (χ3n) is 4.85. The van der Waals surface area contributed by atoms with Crippen molar-refractivity contribution in [2.45, 2.75) is 24.3 Å². The summed E-state index contributed by atoms with van der Waals surface area (Å²) in [4.78, 5) is 33.9. The molecule has 142 valence electrons. The molecular formula is C16H18N6O4S. The van der Waals surface area contributed by atoms with E-state index in [1.807, 2.05) is 6.20 Å². The van der Waals surface area contributed by atoms with Gasteiger partial charge in [-0.1, -0.05) is 0 Å². The van der Waals surface area contributed by atoms with E-state index in [9.17, 15) is 18.0 Å². The maximum absolute atomic E-state index is 12.6.